The van der Waals surface area contributed by atoms with Crippen LogP contribution in [0.2, 0.25) is 0 Å². The number of hydrogen-bond donors (Lipinski definition) is 0. The molecule has 5 heteroatoms. The SMILES string of the molecule is C=COP(=O)(CC)OCC1CO1. The van der Waals surface area contributed by atoms with Gasteiger partial charge in [0, 0.05) is 0 Å². The smallest absolute Gasteiger partial charge is 0.378 e. The first-order chi connectivity index (χ1) is 5.70. The minimum absolute atomic E-state index is 0.110. The summed E-state index contributed by atoms with van der Waals surface area (Å²) >= 11 is 0. The number of rotatable bonds is 6. The fourth-order valence-electron chi connectivity index (χ4n) is 0.671. The number of epoxide rings is 1. The molecule has 2 unspecified atom stereocenters. The van der Waals surface area contributed by atoms with E-state index >= 15 is 0 Å². The number of ether oxygens (including phenoxy) is 1. The van der Waals surface area contributed by atoms with Crippen molar-refractivity contribution in [3.8, 4) is 0 Å². The van der Waals surface area contributed by atoms with Crippen molar-refractivity contribution in [3.05, 3.63) is 12.8 Å². The summed E-state index contributed by atoms with van der Waals surface area (Å²) in [4.78, 5) is 0. The molecule has 0 aromatic rings. The van der Waals surface area contributed by atoms with Gasteiger partial charge in [0.15, 0.2) is 0 Å². The molecule has 0 aromatic carbocycles. The highest BCUT2D eigenvalue weighted by molar-refractivity contribution is 7.53. The normalized spacial score (nSPS) is 25.9. The Labute approximate surface area is 72.0 Å². The van der Waals surface area contributed by atoms with Crippen molar-refractivity contribution in [2.75, 3.05) is 19.4 Å². The highest BCUT2D eigenvalue weighted by Crippen LogP contribution is 2.48. The summed E-state index contributed by atoms with van der Waals surface area (Å²) in [7, 11) is -2.91. The van der Waals surface area contributed by atoms with Gasteiger partial charge < -0.3 is 9.26 Å². The van der Waals surface area contributed by atoms with Gasteiger partial charge in [-0.15, -0.1) is 0 Å². The summed E-state index contributed by atoms with van der Waals surface area (Å²) < 4.78 is 26.3. The minimum atomic E-state index is -2.91. The first-order valence-electron chi connectivity index (χ1n) is 3.84. The maximum absolute atomic E-state index is 11.5. The minimum Gasteiger partial charge on any atom is -0.433 e. The molecule has 0 aliphatic carbocycles. The Morgan fingerprint density at radius 1 is 1.83 bits per heavy atom. The van der Waals surface area contributed by atoms with Crippen molar-refractivity contribution in [2.24, 2.45) is 0 Å². The summed E-state index contributed by atoms with van der Waals surface area (Å²) in [5.41, 5.74) is 0. The monoisotopic (exact) mass is 192 g/mol. The summed E-state index contributed by atoms with van der Waals surface area (Å²) in [6.45, 7) is 6.12. The predicted octanol–water partition coefficient (Wildman–Crippen LogP) is 1.77. The summed E-state index contributed by atoms with van der Waals surface area (Å²) in [6.07, 6.45) is 1.61. The molecule has 1 saturated heterocycles. The first-order valence-corrected chi connectivity index (χ1v) is 5.57. The second kappa shape index (κ2) is 4.08. The molecule has 1 rings (SSSR count). The van der Waals surface area contributed by atoms with Crippen LogP contribution in [-0.2, 0) is 18.3 Å². The zero-order valence-corrected chi connectivity index (χ0v) is 7.96. The van der Waals surface area contributed by atoms with E-state index in [1.165, 1.54) is 0 Å². The molecule has 1 fully saturated rings. The molecule has 0 saturated carbocycles. The van der Waals surface area contributed by atoms with Crippen LogP contribution < -0.4 is 0 Å². The van der Waals surface area contributed by atoms with E-state index in [2.05, 4.69) is 6.58 Å². The van der Waals surface area contributed by atoms with Gasteiger partial charge in [0.2, 0.25) is 0 Å². The zero-order chi connectivity index (χ0) is 9.03. The molecule has 0 aromatic heterocycles. The van der Waals surface area contributed by atoms with Gasteiger partial charge in [-0.25, -0.2) is 4.57 Å². The van der Waals surface area contributed by atoms with Gasteiger partial charge in [-0.2, -0.15) is 0 Å². The van der Waals surface area contributed by atoms with E-state index in [-0.39, 0.29) is 6.10 Å². The van der Waals surface area contributed by atoms with E-state index in [1.54, 1.807) is 6.92 Å². The third-order valence-corrected chi connectivity index (χ3v) is 3.27. The molecule has 4 nitrogen and oxygen atoms in total. The average Bonchev–Trinajstić information content (AvgIpc) is 2.85. The van der Waals surface area contributed by atoms with Gasteiger partial charge in [0.1, 0.15) is 6.10 Å². The van der Waals surface area contributed by atoms with Crippen molar-refractivity contribution in [1.82, 2.24) is 0 Å². The molecular formula is C7H13O4P. The van der Waals surface area contributed by atoms with Crippen LogP contribution in [0.1, 0.15) is 6.92 Å². The van der Waals surface area contributed by atoms with Crippen molar-refractivity contribution in [3.63, 3.8) is 0 Å². The molecule has 12 heavy (non-hydrogen) atoms. The van der Waals surface area contributed by atoms with Gasteiger partial charge >= 0.3 is 7.60 Å². The molecule has 70 valence electrons. The molecule has 1 heterocycles. The van der Waals surface area contributed by atoms with Crippen molar-refractivity contribution in [1.29, 1.82) is 0 Å². The lowest BCUT2D eigenvalue weighted by atomic mass is 10.5. The van der Waals surface area contributed by atoms with Crippen LogP contribution in [-0.4, -0.2) is 25.5 Å². The largest absolute Gasteiger partial charge is 0.433 e. The molecule has 2 atom stereocenters. The summed E-state index contributed by atoms with van der Waals surface area (Å²) in [5, 5.41) is 0. The third-order valence-electron chi connectivity index (χ3n) is 1.48. The van der Waals surface area contributed by atoms with E-state index in [0.717, 1.165) is 6.26 Å². The quantitative estimate of drug-likeness (QED) is 0.365. The molecule has 0 bridgehead atoms. The van der Waals surface area contributed by atoms with Crippen LogP contribution >= 0.6 is 7.60 Å². The lowest BCUT2D eigenvalue weighted by Crippen LogP contribution is -2.01. The second-order valence-corrected chi connectivity index (χ2v) is 4.77. The summed E-state index contributed by atoms with van der Waals surface area (Å²) in [5.74, 6) is 0. The van der Waals surface area contributed by atoms with E-state index < -0.39 is 7.60 Å². The van der Waals surface area contributed by atoms with Crippen LogP contribution in [0.5, 0.6) is 0 Å². The van der Waals surface area contributed by atoms with Crippen LogP contribution in [0.25, 0.3) is 0 Å². The molecular weight excluding hydrogens is 179 g/mol. The van der Waals surface area contributed by atoms with Crippen molar-refractivity contribution in [2.45, 2.75) is 13.0 Å². The lowest BCUT2D eigenvalue weighted by molar-refractivity contribution is 0.222. The van der Waals surface area contributed by atoms with Gasteiger partial charge in [-0.3, -0.25) is 4.52 Å². The maximum atomic E-state index is 11.5. The average molecular weight is 192 g/mol. The Morgan fingerprint density at radius 3 is 2.92 bits per heavy atom. The maximum Gasteiger partial charge on any atom is 0.378 e. The highest BCUT2D eigenvalue weighted by Gasteiger charge is 2.29. The fraction of sp³-hybridized carbons (Fsp3) is 0.714. The Kier molecular flexibility index (Phi) is 3.32. The van der Waals surface area contributed by atoms with Gasteiger partial charge in [-0.05, 0) is 0 Å². The van der Waals surface area contributed by atoms with E-state index in [9.17, 15) is 4.57 Å². The Bertz CT molecular complexity index is 200. The highest BCUT2D eigenvalue weighted by atomic mass is 31.2. The molecule has 0 amide bonds. The fourth-order valence-corrected chi connectivity index (χ4v) is 1.68. The van der Waals surface area contributed by atoms with Crippen molar-refractivity contribution >= 4 is 7.60 Å². The Hall–Kier alpha value is -0.310. The Balaban J connectivity index is 2.30. The predicted molar refractivity (Wildman–Crippen MR) is 45.1 cm³/mol. The third kappa shape index (κ3) is 2.97. The van der Waals surface area contributed by atoms with Crippen LogP contribution in [0.4, 0.5) is 0 Å². The molecule has 0 N–H and O–H groups in total. The molecule has 1 aliphatic heterocycles. The first kappa shape index (κ1) is 9.78. The Morgan fingerprint density at radius 2 is 2.50 bits per heavy atom. The molecule has 1 aliphatic rings. The van der Waals surface area contributed by atoms with Crippen LogP contribution in [0, 0.1) is 0 Å². The molecule has 0 spiro atoms. The van der Waals surface area contributed by atoms with E-state index in [4.69, 9.17) is 13.8 Å². The van der Waals surface area contributed by atoms with E-state index in [0.29, 0.717) is 19.4 Å². The van der Waals surface area contributed by atoms with Crippen LogP contribution in [0.3, 0.4) is 0 Å². The summed E-state index contributed by atoms with van der Waals surface area (Å²) in [6, 6.07) is 0. The second-order valence-electron chi connectivity index (χ2n) is 2.45. The topological polar surface area (TPSA) is 48.1 Å². The van der Waals surface area contributed by atoms with Gasteiger partial charge in [0.05, 0.1) is 25.6 Å². The van der Waals surface area contributed by atoms with Gasteiger partial charge in [0.25, 0.3) is 0 Å². The standard InChI is InChI=1S/C7H13O4P/c1-3-10-12(8,4-2)11-6-7-5-9-7/h3,7H,1,4-6H2,2H3. The lowest BCUT2D eigenvalue weighted by Gasteiger charge is -2.13. The number of hydrogen-bond acceptors (Lipinski definition) is 4. The van der Waals surface area contributed by atoms with Crippen LogP contribution in [0.15, 0.2) is 12.8 Å². The van der Waals surface area contributed by atoms with Crippen molar-refractivity contribution < 1.29 is 18.3 Å². The van der Waals surface area contributed by atoms with Gasteiger partial charge in [-0.1, -0.05) is 13.5 Å². The zero-order valence-electron chi connectivity index (χ0n) is 7.06. The van der Waals surface area contributed by atoms with E-state index in [1.807, 2.05) is 0 Å². The molecule has 0 radical (unpaired) electrons.